The minimum Gasteiger partial charge on any atom is -0.458 e. The molecule has 0 aromatic rings. The highest BCUT2D eigenvalue weighted by Crippen LogP contribution is 2.69. The summed E-state index contributed by atoms with van der Waals surface area (Å²) in [6, 6.07) is 0. The fourth-order valence-electron chi connectivity index (χ4n) is 8.45. The normalized spacial score (nSPS) is 56.8. The molecule has 6 heteroatoms. The van der Waals surface area contributed by atoms with Crippen molar-refractivity contribution in [3.63, 3.8) is 0 Å². The topological polar surface area (TPSA) is 107 Å². The molecule has 4 aliphatic carbocycles. The number of hydrogen-bond acceptors (Lipinski definition) is 6. The van der Waals surface area contributed by atoms with E-state index >= 15 is 0 Å². The molecule has 10 atom stereocenters. The fraction of sp³-hybridized carbons (Fsp3) is 0.870. The zero-order valence-corrected chi connectivity index (χ0v) is 17.4. The van der Waals surface area contributed by atoms with Crippen LogP contribution in [0.3, 0.4) is 0 Å². The lowest BCUT2D eigenvalue weighted by molar-refractivity contribution is -0.241. The first-order valence-corrected chi connectivity index (χ1v) is 11.2. The molecule has 162 valence electrons. The van der Waals surface area contributed by atoms with Crippen LogP contribution >= 0.6 is 0 Å². The van der Waals surface area contributed by atoms with E-state index in [1.165, 1.54) is 0 Å². The van der Waals surface area contributed by atoms with Crippen molar-refractivity contribution in [3.05, 3.63) is 11.6 Å². The first kappa shape index (κ1) is 20.0. The van der Waals surface area contributed by atoms with Crippen LogP contribution in [-0.4, -0.2) is 56.9 Å². The molecule has 29 heavy (non-hydrogen) atoms. The molecule has 0 aromatic carbocycles. The molecular formula is C23H34O6. The second-order valence-corrected chi connectivity index (χ2v) is 11.0. The number of hydrogen-bond donors (Lipinski definition) is 4. The number of carbonyl (C=O) groups excluding carboxylic acids is 1. The lowest BCUT2D eigenvalue weighted by atomic mass is 9.42. The van der Waals surface area contributed by atoms with Crippen LogP contribution in [0.2, 0.25) is 0 Å². The maximum absolute atomic E-state index is 12.1. The molecule has 5 aliphatic rings. The van der Waals surface area contributed by atoms with Crippen molar-refractivity contribution in [3.8, 4) is 0 Å². The van der Waals surface area contributed by atoms with Gasteiger partial charge in [-0.05, 0) is 79.6 Å². The Morgan fingerprint density at radius 2 is 1.79 bits per heavy atom. The SMILES string of the molecule is CC12C[C@@H](O)C(O)C[C@@H]1CCC1C2CCC2(C)C(C3=CC(=O)OC3)CC(O)C12O. The summed E-state index contributed by atoms with van der Waals surface area (Å²) >= 11 is 0. The molecular weight excluding hydrogens is 372 g/mol. The third kappa shape index (κ3) is 2.46. The molecule has 0 radical (unpaired) electrons. The molecule has 4 N–H and O–H groups in total. The summed E-state index contributed by atoms with van der Waals surface area (Å²) in [5.74, 6) is 0.131. The third-order valence-corrected chi connectivity index (χ3v) is 10.0. The van der Waals surface area contributed by atoms with Gasteiger partial charge in [0.25, 0.3) is 0 Å². The Labute approximate surface area is 172 Å². The van der Waals surface area contributed by atoms with Crippen LogP contribution in [0.25, 0.3) is 0 Å². The van der Waals surface area contributed by atoms with Crippen molar-refractivity contribution < 1.29 is 30.0 Å². The van der Waals surface area contributed by atoms with Gasteiger partial charge in [0, 0.05) is 11.5 Å². The number of rotatable bonds is 1. The summed E-state index contributed by atoms with van der Waals surface area (Å²) in [7, 11) is 0. The van der Waals surface area contributed by atoms with Crippen LogP contribution in [0, 0.1) is 34.5 Å². The first-order chi connectivity index (χ1) is 13.6. The minimum atomic E-state index is -1.21. The molecule has 1 heterocycles. The number of cyclic esters (lactones) is 1. The van der Waals surface area contributed by atoms with Crippen LogP contribution < -0.4 is 0 Å². The van der Waals surface area contributed by atoms with Crippen LogP contribution in [0.1, 0.15) is 58.8 Å². The molecule has 0 saturated heterocycles. The molecule has 0 aromatic heterocycles. The van der Waals surface area contributed by atoms with Gasteiger partial charge in [-0.15, -0.1) is 0 Å². The Morgan fingerprint density at radius 3 is 2.48 bits per heavy atom. The van der Waals surface area contributed by atoms with E-state index in [1.54, 1.807) is 6.08 Å². The second kappa shape index (κ2) is 6.28. The van der Waals surface area contributed by atoms with Crippen molar-refractivity contribution in [1.82, 2.24) is 0 Å². The van der Waals surface area contributed by atoms with Gasteiger partial charge in [0.15, 0.2) is 0 Å². The molecule has 0 amide bonds. The lowest BCUT2D eigenvalue weighted by Crippen LogP contribution is -2.66. The van der Waals surface area contributed by atoms with Gasteiger partial charge in [-0.1, -0.05) is 13.8 Å². The van der Waals surface area contributed by atoms with Crippen LogP contribution in [0.5, 0.6) is 0 Å². The Hall–Kier alpha value is -0.950. The minimum absolute atomic E-state index is 0.0384. The van der Waals surface area contributed by atoms with E-state index in [0.29, 0.717) is 25.2 Å². The smallest absolute Gasteiger partial charge is 0.331 e. The molecule has 5 rings (SSSR count). The van der Waals surface area contributed by atoms with Gasteiger partial charge in [0.05, 0.1) is 23.9 Å². The van der Waals surface area contributed by atoms with Gasteiger partial charge in [-0.3, -0.25) is 0 Å². The highest BCUT2D eigenvalue weighted by Gasteiger charge is 2.71. The van der Waals surface area contributed by atoms with Crippen LogP contribution in [0.15, 0.2) is 11.6 Å². The van der Waals surface area contributed by atoms with E-state index in [-0.39, 0.29) is 35.7 Å². The number of esters is 1. The van der Waals surface area contributed by atoms with Gasteiger partial charge in [0.2, 0.25) is 0 Å². The molecule has 1 aliphatic heterocycles. The zero-order chi connectivity index (χ0) is 20.8. The first-order valence-electron chi connectivity index (χ1n) is 11.2. The van der Waals surface area contributed by atoms with E-state index in [9.17, 15) is 25.2 Å². The zero-order valence-electron chi connectivity index (χ0n) is 17.4. The summed E-state index contributed by atoms with van der Waals surface area (Å²) < 4.78 is 5.14. The Morgan fingerprint density at radius 1 is 1.03 bits per heavy atom. The van der Waals surface area contributed by atoms with Gasteiger partial charge >= 0.3 is 5.97 Å². The van der Waals surface area contributed by atoms with Gasteiger partial charge in [-0.2, -0.15) is 0 Å². The summed E-state index contributed by atoms with van der Waals surface area (Å²) in [6.07, 6.45) is 4.43. The maximum Gasteiger partial charge on any atom is 0.331 e. The van der Waals surface area contributed by atoms with Crippen LogP contribution in [0.4, 0.5) is 0 Å². The standard InChI is InChI=1S/C23H34O6/c1-21-10-18(25)17(24)8-13(21)3-4-15-14(21)5-6-22(2)16(9-19(26)23(15,22)28)12-7-20(27)29-11-12/h7,13-19,24-26,28H,3-6,8-11H2,1-2H3/t13-,14?,15?,16?,17?,18+,19?,21?,22?,23?/m0/s1. The number of aliphatic hydroxyl groups is 4. The summed E-state index contributed by atoms with van der Waals surface area (Å²) in [5, 5.41) is 43.9. The lowest BCUT2D eigenvalue weighted by Gasteiger charge is -2.64. The van der Waals surface area contributed by atoms with E-state index in [4.69, 9.17) is 4.74 Å². The quantitative estimate of drug-likeness (QED) is 0.492. The third-order valence-electron chi connectivity index (χ3n) is 10.0. The Balaban J connectivity index is 1.51. The van der Waals surface area contributed by atoms with Crippen molar-refractivity contribution in [1.29, 1.82) is 0 Å². The van der Waals surface area contributed by atoms with Gasteiger partial charge < -0.3 is 25.2 Å². The Bertz CT molecular complexity index is 750. The number of carbonyl (C=O) groups is 1. The van der Waals surface area contributed by atoms with Crippen molar-refractivity contribution >= 4 is 5.97 Å². The van der Waals surface area contributed by atoms with Crippen molar-refractivity contribution in [2.24, 2.45) is 34.5 Å². The number of fused-ring (bicyclic) bond motifs is 5. The maximum atomic E-state index is 12.1. The number of ether oxygens (including phenoxy) is 1. The van der Waals surface area contributed by atoms with E-state index in [1.807, 2.05) is 0 Å². The van der Waals surface area contributed by atoms with E-state index < -0.39 is 29.3 Å². The summed E-state index contributed by atoms with van der Waals surface area (Å²) in [6.45, 7) is 4.57. The Kier molecular flexibility index (Phi) is 4.33. The fourth-order valence-corrected chi connectivity index (χ4v) is 8.45. The average molecular weight is 407 g/mol. The molecule has 6 nitrogen and oxygen atoms in total. The highest BCUT2D eigenvalue weighted by atomic mass is 16.5. The van der Waals surface area contributed by atoms with E-state index in [2.05, 4.69) is 13.8 Å². The summed E-state index contributed by atoms with van der Waals surface area (Å²) in [4.78, 5) is 11.7. The monoisotopic (exact) mass is 406 g/mol. The molecule has 0 spiro atoms. The molecule has 4 saturated carbocycles. The highest BCUT2D eigenvalue weighted by molar-refractivity contribution is 5.85. The van der Waals surface area contributed by atoms with Crippen LogP contribution in [-0.2, 0) is 9.53 Å². The van der Waals surface area contributed by atoms with Gasteiger partial charge in [-0.25, -0.2) is 4.79 Å². The average Bonchev–Trinajstić information content (AvgIpc) is 3.17. The summed E-state index contributed by atoms with van der Waals surface area (Å²) in [5.41, 5.74) is -0.935. The molecule has 0 bridgehead atoms. The second-order valence-electron chi connectivity index (χ2n) is 11.0. The largest absolute Gasteiger partial charge is 0.458 e. The van der Waals surface area contributed by atoms with Crippen molar-refractivity contribution in [2.75, 3.05) is 6.61 Å². The van der Waals surface area contributed by atoms with Gasteiger partial charge in [0.1, 0.15) is 6.61 Å². The molecule has 8 unspecified atom stereocenters. The predicted octanol–water partition coefficient (Wildman–Crippen LogP) is 1.55. The predicted molar refractivity (Wildman–Crippen MR) is 105 cm³/mol. The molecule has 4 fully saturated rings. The number of aliphatic hydroxyl groups excluding tert-OH is 3. The van der Waals surface area contributed by atoms with E-state index in [0.717, 1.165) is 31.3 Å². The van der Waals surface area contributed by atoms with Crippen molar-refractivity contribution in [2.45, 2.75) is 82.7 Å².